The first kappa shape index (κ1) is 17.1. The maximum Gasteiger partial charge on any atom is 0.337 e. The fraction of sp³-hybridized carbons (Fsp3) is 0.375. The van der Waals surface area contributed by atoms with Gasteiger partial charge in [0, 0.05) is 17.6 Å². The summed E-state index contributed by atoms with van der Waals surface area (Å²) in [6.07, 6.45) is 2.73. The monoisotopic (exact) mass is 333 g/mol. The molecule has 0 aliphatic heterocycles. The number of carbonyl (C=O) groups is 2. The molecule has 2 heterocycles. The summed E-state index contributed by atoms with van der Waals surface area (Å²) in [5.74, 6) is -1.32. The van der Waals surface area contributed by atoms with Gasteiger partial charge in [-0.25, -0.2) is 14.8 Å². The van der Waals surface area contributed by atoms with Gasteiger partial charge in [0.05, 0.1) is 16.3 Å². The van der Waals surface area contributed by atoms with Crippen molar-refractivity contribution in [3.63, 3.8) is 0 Å². The van der Waals surface area contributed by atoms with Crippen LogP contribution in [0.1, 0.15) is 50.1 Å². The molecule has 0 spiro atoms. The average molecular weight is 333 g/mol. The maximum absolute atomic E-state index is 12.0. The van der Waals surface area contributed by atoms with Crippen molar-refractivity contribution >= 4 is 23.2 Å². The predicted molar refractivity (Wildman–Crippen MR) is 88.1 cm³/mol. The van der Waals surface area contributed by atoms with Crippen LogP contribution in [0.4, 0.5) is 0 Å². The van der Waals surface area contributed by atoms with E-state index >= 15 is 0 Å². The Hall–Kier alpha value is -2.28. The Morgan fingerprint density at radius 3 is 2.61 bits per heavy atom. The maximum atomic E-state index is 12.0. The van der Waals surface area contributed by atoms with Crippen molar-refractivity contribution in [2.24, 2.45) is 0 Å². The van der Waals surface area contributed by atoms with Crippen LogP contribution < -0.4 is 5.32 Å². The summed E-state index contributed by atoms with van der Waals surface area (Å²) in [5.41, 5.74) is 1.73. The van der Waals surface area contributed by atoms with Crippen LogP contribution in [0.15, 0.2) is 17.5 Å². The Bertz CT molecular complexity index is 712. The van der Waals surface area contributed by atoms with Gasteiger partial charge in [0.2, 0.25) is 0 Å². The molecule has 0 aromatic carbocycles. The van der Waals surface area contributed by atoms with Gasteiger partial charge < -0.3 is 10.4 Å². The highest BCUT2D eigenvalue weighted by Crippen LogP contribution is 2.11. The zero-order valence-corrected chi connectivity index (χ0v) is 13.9. The van der Waals surface area contributed by atoms with E-state index < -0.39 is 5.97 Å². The van der Waals surface area contributed by atoms with E-state index in [4.69, 9.17) is 5.11 Å². The molecule has 0 bridgehead atoms. The molecule has 122 valence electrons. The van der Waals surface area contributed by atoms with Gasteiger partial charge >= 0.3 is 5.97 Å². The number of nitrogens with zero attached hydrogens (tertiary/aromatic N) is 2. The second kappa shape index (κ2) is 7.82. The molecule has 2 aromatic rings. The summed E-state index contributed by atoms with van der Waals surface area (Å²) in [5, 5.41) is 14.9. The summed E-state index contributed by atoms with van der Waals surface area (Å²) >= 11 is 1.66. The van der Waals surface area contributed by atoms with Crippen molar-refractivity contribution in [3.8, 4) is 0 Å². The molecule has 0 aliphatic carbocycles. The van der Waals surface area contributed by atoms with E-state index in [1.165, 1.54) is 12.1 Å². The molecule has 1 amide bonds. The first-order valence-electron chi connectivity index (χ1n) is 7.37. The zero-order valence-electron chi connectivity index (χ0n) is 13.1. The molecular formula is C16H19N3O3S. The van der Waals surface area contributed by atoms with Gasteiger partial charge in [-0.2, -0.15) is 0 Å². The second-order valence-corrected chi connectivity index (χ2v) is 6.17. The molecule has 2 N–H and O–H groups in total. The second-order valence-electron chi connectivity index (χ2n) is 5.23. The van der Waals surface area contributed by atoms with Crippen LogP contribution in [0.2, 0.25) is 0 Å². The smallest absolute Gasteiger partial charge is 0.337 e. The number of pyridine rings is 1. The first-order valence-corrected chi connectivity index (χ1v) is 8.25. The lowest BCUT2D eigenvalue weighted by Gasteiger charge is -2.06. The van der Waals surface area contributed by atoms with Crippen LogP contribution in [-0.4, -0.2) is 33.5 Å². The van der Waals surface area contributed by atoms with E-state index in [0.717, 1.165) is 30.0 Å². The van der Waals surface area contributed by atoms with Gasteiger partial charge in [0.15, 0.2) is 0 Å². The van der Waals surface area contributed by atoms with Crippen LogP contribution >= 0.6 is 11.3 Å². The predicted octanol–water partition coefficient (Wildman–Crippen LogP) is 2.61. The number of rotatable bonds is 7. The number of unbranched alkanes of at least 4 members (excludes halogenated alkanes) is 1. The average Bonchev–Trinajstić information content (AvgIpc) is 2.91. The zero-order chi connectivity index (χ0) is 16.8. The van der Waals surface area contributed by atoms with Crippen molar-refractivity contribution in [1.82, 2.24) is 15.3 Å². The van der Waals surface area contributed by atoms with Gasteiger partial charge in [-0.05, 0) is 45.2 Å². The Labute approximate surface area is 138 Å². The van der Waals surface area contributed by atoms with E-state index in [-0.39, 0.29) is 17.2 Å². The number of aromatic carboxylic acids is 1. The number of hydrogen-bond donors (Lipinski definition) is 2. The third kappa shape index (κ3) is 4.85. The van der Waals surface area contributed by atoms with Crippen LogP contribution in [0, 0.1) is 13.8 Å². The fourth-order valence-corrected chi connectivity index (χ4v) is 2.94. The summed E-state index contributed by atoms with van der Waals surface area (Å²) in [7, 11) is 0. The summed E-state index contributed by atoms with van der Waals surface area (Å²) < 4.78 is 0. The van der Waals surface area contributed by atoms with Crippen LogP contribution in [0.25, 0.3) is 0 Å². The van der Waals surface area contributed by atoms with E-state index in [1.54, 1.807) is 18.3 Å². The normalized spacial score (nSPS) is 10.5. The molecule has 0 saturated carbocycles. The summed E-state index contributed by atoms with van der Waals surface area (Å²) in [4.78, 5) is 31.3. The van der Waals surface area contributed by atoms with Crippen LogP contribution in [-0.2, 0) is 6.42 Å². The highest BCUT2D eigenvalue weighted by atomic mass is 32.1. The molecule has 2 rings (SSSR count). The minimum absolute atomic E-state index is 0.111. The van der Waals surface area contributed by atoms with Crippen molar-refractivity contribution in [2.45, 2.75) is 33.1 Å². The molecule has 0 unspecified atom stereocenters. The third-order valence-electron chi connectivity index (χ3n) is 3.32. The molecule has 7 heteroatoms. The highest BCUT2D eigenvalue weighted by Gasteiger charge is 2.12. The number of aromatic nitrogens is 2. The van der Waals surface area contributed by atoms with Gasteiger partial charge in [-0.15, -0.1) is 11.3 Å². The number of aryl methyl sites for hydroxylation is 3. The molecule has 0 atom stereocenters. The van der Waals surface area contributed by atoms with Gasteiger partial charge in [0.25, 0.3) is 5.91 Å². The van der Waals surface area contributed by atoms with Crippen molar-refractivity contribution in [1.29, 1.82) is 0 Å². The van der Waals surface area contributed by atoms with Crippen LogP contribution in [0.3, 0.4) is 0 Å². The molecule has 6 nitrogen and oxygen atoms in total. The number of nitrogens with one attached hydrogen (secondary N) is 1. The Morgan fingerprint density at radius 1 is 1.22 bits per heavy atom. The number of thiazole rings is 1. The van der Waals surface area contributed by atoms with E-state index in [2.05, 4.69) is 15.3 Å². The number of amides is 1. The lowest BCUT2D eigenvalue weighted by Crippen LogP contribution is -2.26. The molecule has 0 fully saturated rings. The molecule has 0 saturated heterocycles. The minimum atomic E-state index is -1.04. The Balaban J connectivity index is 1.76. The topological polar surface area (TPSA) is 92.2 Å². The largest absolute Gasteiger partial charge is 0.478 e. The number of carboxylic acids is 1. The first-order chi connectivity index (χ1) is 11.0. The fourth-order valence-electron chi connectivity index (χ4n) is 2.12. The molecular weight excluding hydrogens is 314 g/mol. The lowest BCUT2D eigenvalue weighted by atomic mass is 10.2. The highest BCUT2D eigenvalue weighted by molar-refractivity contribution is 7.09. The quantitative estimate of drug-likeness (QED) is 0.760. The molecule has 0 aliphatic rings. The van der Waals surface area contributed by atoms with Gasteiger partial charge in [-0.3, -0.25) is 4.79 Å². The molecule has 0 radical (unpaired) electrons. The lowest BCUT2D eigenvalue weighted by molar-refractivity contribution is 0.0694. The summed E-state index contributed by atoms with van der Waals surface area (Å²) in [6.45, 7) is 4.12. The van der Waals surface area contributed by atoms with E-state index in [0.29, 0.717) is 12.2 Å². The Kier molecular flexibility index (Phi) is 5.81. The van der Waals surface area contributed by atoms with Crippen LogP contribution in [0.5, 0.6) is 0 Å². The van der Waals surface area contributed by atoms with Crippen molar-refractivity contribution in [3.05, 3.63) is 45.2 Å². The number of carboxylic acid groups (broad SMARTS) is 1. The van der Waals surface area contributed by atoms with Crippen molar-refractivity contribution < 1.29 is 14.7 Å². The van der Waals surface area contributed by atoms with E-state index in [9.17, 15) is 9.59 Å². The summed E-state index contributed by atoms with van der Waals surface area (Å²) in [6, 6.07) is 2.84. The van der Waals surface area contributed by atoms with E-state index in [1.807, 2.05) is 12.3 Å². The molecule has 23 heavy (non-hydrogen) atoms. The van der Waals surface area contributed by atoms with Crippen molar-refractivity contribution in [2.75, 3.05) is 6.54 Å². The SMILES string of the molecule is Cc1csc(CCCCNC(=O)c2ccc(C(=O)O)c(C)n2)n1. The Morgan fingerprint density at radius 2 is 2.00 bits per heavy atom. The standard InChI is InChI=1S/C16H19N3O3S/c1-10-9-23-14(18-10)5-3-4-8-17-15(20)13-7-6-12(16(21)22)11(2)19-13/h6-7,9H,3-5,8H2,1-2H3,(H,17,20)(H,21,22). The number of carbonyl (C=O) groups excluding carboxylic acids is 1. The molecule has 2 aromatic heterocycles. The number of hydrogen-bond acceptors (Lipinski definition) is 5. The van der Waals surface area contributed by atoms with Gasteiger partial charge in [-0.1, -0.05) is 0 Å². The third-order valence-corrected chi connectivity index (χ3v) is 4.34. The minimum Gasteiger partial charge on any atom is -0.478 e. The van der Waals surface area contributed by atoms with Gasteiger partial charge in [0.1, 0.15) is 5.69 Å².